The van der Waals surface area contributed by atoms with Crippen LogP contribution in [0.15, 0.2) is 12.2 Å². The summed E-state index contributed by atoms with van der Waals surface area (Å²) in [5.41, 5.74) is 1.50. The van der Waals surface area contributed by atoms with Crippen molar-refractivity contribution in [3.8, 4) is 0 Å². The van der Waals surface area contributed by atoms with Gasteiger partial charge in [0.1, 0.15) is 0 Å². The molecule has 0 bridgehead atoms. The standard InChI is InChI=1S/C16H32/c1-8-10-11-16(9-2)15(7)14(6)13(5)12(3)4/h12-14,16H,7-11H2,1-6H3. The summed E-state index contributed by atoms with van der Waals surface area (Å²) in [6.07, 6.45) is 5.24. The highest BCUT2D eigenvalue weighted by molar-refractivity contribution is 5.06. The first kappa shape index (κ1) is 15.7. The summed E-state index contributed by atoms with van der Waals surface area (Å²) >= 11 is 0. The van der Waals surface area contributed by atoms with E-state index in [1.54, 1.807) is 0 Å². The third kappa shape index (κ3) is 4.72. The average molecular weight is 224 g/mol. The van der Waals surface area contributed by atoms with Gasteiger partial charge < -0.3 is 0 Å². The Morgan fingerprint density at radius 1 is 1.06 bits per heavy atom. The van der Waals surface area contributed by atoms with Crippen molar-refractivity contribution in [3.05, 3.63) is 12.2 Å². The van der Waals surface area contributed by atoms with Gasteiger partial charge in [-0.25, -0.2) is 0 Å². The Bertz CT molecular complexity index is 190. The molecule has 0 heterocycles. The number of rotatable bonds is 8. The van der Waals surface area contributed by atoms with Crippen LogP contribution in [0, 0.1) is 23.7 Å². The van der Waals surface area contributed by atoms with Gasteiger partial charge in [0.2, 0.25) is 0 Å². The van der Waals surface area contributed by atoms with Crippen molar-refractivity contribution in [2.75, 3.05) is 0 Å². The van der Waals surface area contributed by atoms with Crippen LogP contribution in [0.4, 0.5) is 0 Å². The minimum Gasteiger partial charge on any atom is -0.0993 e. The summed E-state index contributed by atoms with van der Waals surface area (Å²) in [5, 5.41) is 0. The number of hydrogen-bond donors (Lipinski definition) is 0. The number of allylic oxidation sites excluding steroid dienone is 1. The highest BCUT2D eigenvalue weighted by atomic mass is 14.3. The van der Waals surface area contributed by atoms with E-state index in [-0.39, 0.29) is 0 Å². The first-order valence-electron chi connectivity index (χ1n) is 7.14. The Hall–Kier alpha value is -0.260. The van der Waals surface area contributed by atoms with Gasteiger partial charge >= 0.3 is 0 Å². The van der Waals surface area contributed by atoms with E-state index in [1.807, 2.05) is 0 Å². The second-order valence-corrected chi connectivity index (χ2v) is 5.71. The van der Waals surface area contributed by atoms with Crippen molar-refractivity contribution in [2.24, 2.45) is 23.7 Å². The van der Waals surface area contributed by atoms with Crippen LogP contribution >= 0.6 is 0 Å². The van der Waals surface area contributed by atoms with Crippen molar-refractivity contribution in [3.63, 3.8) is 0 Å². The minimum atomic E-state index is 0.668. The van der Waals surface area contributed by atoms with Crippen molar-refractivity contribution >= 4 is 0 Å². The van der Waals surface area contributed by atoms with Crippen LogP contribution in [0.2, 0.25) is 0 Å². The molecule has 0 heteroatoms. The fourth-order valence-corrected chi connectivity index (χ4v) is 2.39. The Labute approximate surface area is 104 Å². The second-order valence-electron chi connectivity index (χ2n) is 5.71. The number of unbranched alkanes of at least 4 members (excludes halogenated alkanes) is 1. The summed E-state index contributed by atoms with van der Waals surface area (Å²) < 4.78 is 0. The SMILES string of the molecule is C=C(C(CC)CCCC)C(C)C(C)C(C)C. The van der Waals surface area contributed by atoms with Gasteiger partial charge in [-0.05, 0) is 36.5 Å². The van der Waals surface area contributed by atoms with Crippen LogP contribution in [0.1, 0.15) is 67.2 Å². The van der Waals surface area contributed by atoms with Crippen molar-refractivity contribution < 1.29 is 0 Å². The topological polar surface area (TPSA) is 0 Å². The largest absolute Gasteiger partial charge is 0.0993 e. The van der Waals surface area contributed by atoms with Crippen LogP contribution in [-0.4, -0.2) is 0 Å². The fourth-order valence-electron chi connectivity index (χ4n) is 2.39. The molecule has 0 nitrogen and oxygen atoms in total. The molecule has 0 aromatic carbocycles. The summed E-state index contributed by atoms with van der Waals surface area (Å²) in [7, 11) is 0. The van der Waals surface area contributed by atoms with Gasteiger partial charge in [0.15, 0.2) is 0 Å². The van der Waals surface area contributed by atoms with Crippen LogP contribution in [-0.2, 0) is 0 Å². The van der Waals surface area contributed by atoms with E-state index >= 15 is 0 Å². The van der Waals surface area contributed by atoms with Crippen LogP contribution in [0.25, 0.3) is 0 Å². The molecule has 0 aliphatic carbocycles. The zero-order valence-electron chi connectivity index (χ0n) is 12.3. The summed E-state index contributed by atoms with van der Waals surface area (Å²) in [6.45, 7) is 18.3. The quantitative estimate of drug-likeness (QED) is 0.465. The van der Waals surface area contributed by atoms with E-state index < -0.39 is 0 Å². The maximum Gasteiger partial charge on any atom is -0.0203 e. The van der Waals surface area contributed by atoms with Crippen molar-refractivity contribution in [1.29, 1.82) is 0 Å². The molecule has 0 fully saturated rings. The van der Waals surface area contributed by atoms with E-state index in [0.29, 0.717) is 5.92 Å². The molecule has 0 spiro atoms. The van der Waals surface area contributed by atoms with Gasteiger partial charge in [-0.2, -0.15) is 0 Å². The van der Waals surface area contributed by atoms with Crippen molar-refractivity contribution in [1.82, 2.24) is 0 Å². The Balaban J connectivity index is 4.37. The fraction of sp³-hybridized carbons (Fsp3) is 0.875. The molecule has 0 aliphatic heterocycles. The monoisotopic (exact) mass is 224 g/mol. The molecule has 0 saturated heterocycles. The summed E-state index contributed by atoms with van der Waals surface area (Å²) in [5.74, 6) is 2.93. The molecule has 0 aromatic heterocycles. The zero-order chi connectivity index (χ0) is 12.7. The first-order chi connectivity index (χ1) is 7.45. The lowest BCUT2D eigenvalue weighted by Gasteiger charge is -2.30. The van der Waals surface area contributed by atoms with Crippen LogP contribution in [0.3, 0.4) is 0 Å². The molecule has 0 aliphatic rings. The highest BCUT2D eigenvalue weighted by Gasteiger charge is 2.22. The third-order valence-corrected chi connectivity index (χ3v) is 4.35. The predicted molar refractivity (Wildman–Crippen MR) is 75.6 cm³/mol. The zero-order valence-corrected chi connectivity index (χ0v) is 12.3. The molecule has 0 N–H and O–H groups in total. The normalized spacial score (nSPS) is 17.2. The predicted octanol–water partition coefficient (Wildman–Crippen LogP) is 5.69. The van der Waals surface area contributed by atoms with Gasteiger partial charge in [-0.15, -0.1) is 0 Å². The molecule has 3 atom stereocenters. The molecule has 16 heavy (non-hydrogen) atoms. The lowest BCUT2D eigenvalue weighted by Crippen LogP contribution is -2.20. The van der Waals surface area contributed by atoms with E-state index in [0.717, 1.165) is 17.8 Å². The van der Waals surface area contributed by atoms with Crippen LogP contribution < -0.4 is 0 Å². The smallest absolute Gasteiger partial charge is 0.0203 e. The average Bonchev–Trinajstić information content (AvgIpc) is 2.27. The van der Waals surface area contributed by atoms with Gasteiger partial charge in [-0.1, -0.05) is 66.5 Å². The minimum absolute atomic E-state index is 0.668. The van der Waals surface area contributed by atoms with Crippen LogP contribution in [0.5, 0.6) is 0 Å². The molecule has 0 saturated carbocycles. The van der Waals surface area contributed by atoms with E-state index in [2.05, 4.69) is 48.1 Å². The lowest BCUT2D eigenvalue weighted by molar-refractivity contribution is 0.304. The summed E-state index contributed by atoms with van der Waals surface area (Å²) in [4.78, 5) is 0. The van der Waals surface area contributed by atoms with E-state index in [4.69, 9.17) is 0 Å². The molecule has 0 rings (SSSR count). The van der Waals surface area contributed by atoms with E-state index in [9.17, 15) is 0 Å². The van der Waals surface area contributed by atoms with Gasteiger partial charge in [0, 0.05) is 0 Å². The molecular formula is C16H32. The van der Waals surface area contributed by atoms with Gasteiger partial charge in [0.25, 0.3) is 0 Å². The Morgan fingerprint density at radius 3 is 2.00 bits per heavy atom. The lowest BCUT2D eigenvalue weighted by atomic mass is 9.76. The molecule has 96 valence electrons. The third-order valence-electron chi connectivity index (χ3n) is 4.35. The van der Waals surface area contributed by atoms with Gasteiger partial charge in [-0.3, -0.25) is 0 Å². The van der Waals surface area contributed by atoms with E-state index in [1.165, 1.54) is 31.3 Å². The molecule has 3 unspecified atom stereocenters. The molecule has 0 aromatic rings. The first-order valence-corrected chi connectivity index (χ1v) is 7.14. The highest BCUT2D eigenvalue weighted by Crippen LogP contribution is 2.33. The van der Waals surface area contributed by atoms with Crippen molar-refractivity contribution in [2.45, 2.75) is 67.2 Å². The Kier molecular flexibility index (Phi) is 7.80. The number of hydrogen-bond acceptors (Lipinski definition) is 0. The molecule has 0 amide bonds. The Morgan fingerprint density at radius 2 is 1.62 bits per heavy atom. The molecular weight excluding hydrogens is 192 g/mol. The maximum atomic E-state index is 4.38. The molecule has 0 radical (unpaired) electrons. The second kappa shape index (κ2) is 7.92. The van der Waals surface area contributed by atoms with Gasteiger partial charge in [0.05, 0.1) is 0 Å². The summed E-state index contributed by atoms with van der Waals surface area (Å²) in [6, 6.07) is 0. The maximum absolute atomic E-state index is 4.38.